The SMILES string of the molecule is CCCCC(CC/C=C\NC)C(C)CC. The van der Waals surface area contributed by atoms with Gasteiger partial charge < -0.3 is 5.32 Å². The maximum absolute atomic E-state index is 3.05. The van der Waals surface area contributed by atoms with Gasteiger partial charge in [0, 0.05) is 7.05 Å². The van der Waals surface area contributed by atoms with Gasteiger partial charge in [0.1, 0.15) is 0 Å². The first-order valence-corrected chi connectivity index (χ1v) is 6.58. The molecule has 0 aliphatic rings. The van der Waals surface area contributed by atoms with Crippen LogP contribution in [0.5, 0.6) is 0 Å². The molecule has 0 aliphatic carbocycles. The molecule has 0 aromatic carbocycles. The summed E-state index contributed by atoms with van der Waals surface area (Å²) in [5, 5.41) is 3.05. The maximum Gasteiger partial charge on any atom is 0.00276 e. The first kappa shape index (κ1) is 14.5. The predicted octanol–water partition coefficient (Wildman–Crippen LogP) is 4.35. The zero-order chi connectivity index (χ0) is 11.5. The molecule has 0 aromatic heterocycles. The van der Waals surface area contributed by atoms with Crippen LogP contribution in [-0.2, 0) is 0 Å². The van der Waals surface area contributed by atoms with Gasteiger partial charge in [0.05, 0.1) is 0 Å². The molecule has 0 saturated heterocycles. The van der Waals surface area contributed by atoms with Crippen LogP contribution in [-0.4, -0.2) is 7.05 Å². The fraction of sp³-hybridized carbons (Fsp3) is 0.857. The van der Waals surface area contributed by atoms with Gasteiger partial charge in [-0.3, -0.25) is 0 Å². The molecule has 0 aliphatic heterocycles. The minimum absolute atomic E-state index is 0.888. The summed E-state index contributed by atoms with van der Waals surface area (Å²) in [4.78, 5) is 0. The van der Waals surface area contributed by atoms with Crippen molar-refractivity contribution in [3.8, 4) is 0 Å². The van der Waals surface area contributed by atoms with E-state index < -0.39 is 0 Å². The molecule has 0 spiro atoms. The van der Waals surface area contributed by atoms with Crippen molar-refractivity contribution in [2.45, 2.75) is 59.3 Å². The van der Waals surface area contributed by atoms with Crippen molar-refractivity contribution in [1.29, 1.82) is 0 Å². The van der Waals surface area contributed by atoms with E-state index in [4.69, 9.17) is 0 Å². The van der Waals surface area contributed by atoms with Gasteiger partial charge in [0.15, 0.2) is 0 Å². The minimum atomic E-state index is 0.888. The van der Waals surface area contributed by atoms with Crippen LogP contribution in [0.15, 0.2) is 12.3 Å². The summed E-state index contributed by atoms with van der Waals surface area (Å²) < 4.78 is 0. The Balaban J connectivity index is 3.84. The van der Waals surface area contributed by atoms with E-state index in [2.05, 4.69) is 32.2 Å². The second-order valence-electron chi connectivity index (χ2n) is 4.56. The maximum atomic E-state index is 3.05. The van der Waals surface area contributed by atoms with Crippen molar-refractivity contribution in [1.82, 2.24) is 5.32 Å². The molecule has 0 amide bonds. The number of allylic oxidation sites excluding steroid dienone is 1. The lowest BCUT2D eigenvalue weighted by Gasteiger charge is -2.22. The zero-order valence-corrected chi connectivity index (χ0v) is 11.1. The molecule has 0 fully saturated rings. The molecule has 0 aromatic rings. The van der Waals surface area contributed by atoms with Gasteiger partial charge >= 0.3 is 0 Å². The molecule has 0 bridgehead atoms. The van der Waals surface area contributed by atoms with Gasteiger partial charge in [0.25, 0.3) is 0 Å². The zero-order valence-electron chi connectivity index (χ0n) is 11.1. The van der Waals surface area contributed by atoms with Gasteiger partial charge in [-0.2, -0.15) is 0 Å². The van der Waals surface area contributed by atoms with Gasteiger partial charge in [-0.25, -0.2) is 0 Å². The second-order valence-corrected chi connectivity index (χ2v) is 4.56. The first-order chi connectivity index (χ1) is 7.26. The minimum Gasteiger partial charge on any atom is -0.394 e. The third kappa shape index (κ3) is 7.47. The lowest BCUT2D eigenvalue weighted by atomic mass is 9.84. The summed E-state index contributed by atoms with van der Waals surface area (Å²) in [6.07, 6.45) is 12.3. The summed E-state index contributed by atoms with van der Waals surface area (Å²) in [5.74, 6) is 1.82. The van der Waals surface area contributed by atoms with Gasteiger partial charge in [-0.15, -0.1) is 0 Å². The average Bonchev–Trinajstić information content (AvgIpc) is 2.27. The van der Waals surface area contributed by atoms with E-state index in [1.807, 2.05) is 13.2 Å². The Morgan fingerprint density at radius 1 is 1.20 bits per heavy atom. The lowest BCUT2D eigenvalue weighted by molar-refractivity contribution is 0.302. The van der Waals surface area contributed by atoms with E-state index in [-0.39, 0.29) is 0 Å². The fourth-order valence-electron chi connectivity index (χ4n) is 2.02. The second kappa shape index (κ2) is 10.1. The van der Waals surface area contributed by atoms with Crippen LogP contribution in [0, 0.1) is 11.8 Å². The Labute approximate surface area is 96.3 Å². The topological polar surface area (TPSA) is 12.0 Å². The molecule has 0 rings (SSSR count). The summed E-state index contributed by atoms with van der Waals surface area (Å²) in [5.41, 5.74) is 0. The normalized spacial score (nSPS) is 15.5. The smallest absolute Gasteiger partial charge is 0.00276 e. The Morgan fingerprint density at radius 3 is 2.47 bits per heavy atom. The number of unbranched alkanes of at least 4 members (excludes halogenated alkanes) is 1. The Hall–Kier alpha value is -0.460. The van der Waals surface area contributed by atoms with Gasteiger partial charge in [-0.1, -0.05) is 52.5 Å². The van der Waals surface area contributed by atoms with Gasteiger partial charge in [0.2, 0.25) is 0 Å². The van der Waals surface area contributed by atoms with Crippen molar-refractivity contribution >= 4 is 0 Å². The molecule has 1 N–H and O–H groups in total. The van der Waals surface area contributed by atoms with Crippen molar-refractivity contribution < 1.29 is 0 Å². The highest BCUT2D eigenvalue weighted by atomic mass is 14.8. The number of hydrogen-bond donors (Lipinski definition) is 1. The van der Waals surface area contributed by atoms with E-state index in [9.17, 15) is 0 Å². The first-order valence-electron chi connectivity index (χ1n) is 6.58. The van der Waals surface area contributed by atoms with Crippen molar-refractivity contribution in [2.24, 2.45) is 11.8 Å². The Kier molecular flexibility index (Phi) is 9.76. The van der Waals surface area contributed by atoms with Gasteiger partial charge in [-0.05, 0) is 30.9 Å². The predicted molar refractivity (Wildman–Crippen MR) is 69.9 cm³/mol. The molecule has 2 atom stereocenters. The number of hydrogen-bond acceptors (Lipinski definition) is 1. The fourth-order valence-corrected chi connectivity index (χ4v) is 2.02. The average molecular weight is 211 g/mol. The van der Waals surface area contributed by atoms with Crippen LogP contribution in [0.3, 0.4) is 0 Å². The largest absolute Gasteiger partial charge is 0.394 e. The van der Waals surface area contributed by atoms with Crippen LogP contribution in [0.1, 0.15) is 59.3 Å². The quantitative estimate of drug-likeness (QED) is 0.598. The van der Waals surface area contributed by atoms with Crippen LogP contribution < -0.4 is 5.32 Å². The molecule has 0 heterocycles. The molecule has 15 heavy (non-hydrogen) atoms. The van der Waals surface area contributed by atoms with Crippen LogP contribution >= 0.6 is 0 Å². The number of rotatable bonds is 9. The standard InChI is InChI=1S/C14H29N/c1-5-7-10-14(13(3)6-2)11-8-9-12-15-4/h9,12-15H,5-8,10-11H2,1-4H3/b12-9-. The van der Waals surface area contributed by atoms with Crippen molar-refractivity contribution in [3.63, 3.8) is 0 Å². The van der Waals surface area contributed by atoms with Crippen LogP contribution in [0.2, 0.25) is 0 Å². The third-order valence-corrected chi connectivity index (χ3v) is 3.37. The highest BCUT2D eigenvalue weighted by molar-refractivity contribution is 4.79. The van der Waals surface area contributed by atoms with E-state index in [1.165, 1.54) is 38.5 Å². The monoisotopic (exact) mass is 211 g/mol. The molecule has 1 nitrogen and oxygen atoms in total. The highest BCUT2D eigenvalue weighted by Gasteiger charge is 2.13. The molecule has 0 saturated carbocycles. The molecule has 90 valence electrons. The van der Waals surface area contributed by atoms with Crippen LogP contribution in [0.4, 0.5) is 0 Å². The molecular formula is C14H29N. The van der Waals surface area contributed by atoms with Crippen molar-refractivity contribution in [3.05, 3.63) is 12.3 Å². The molecular weight excluding hydrogens is 182 g/mol. The van der Waals surface area contributed by atoms with Crippen molar-refractivity contribution in [2.75, 3.05) is 7.05 Å². The van der Waals surface area contributed by atoms with Crippen LogP contribution in [0.25, 0.3) is 0 Å². The van der Waals surface area contributed by atoms with E-state index in [0.717, 1.165) is 11.8 Å². The number of nitrogens with one attached hydrogen (secondary N) is 1. The molecule has 0 radical (unpaired) electrons. The molecule has 1 heteroatoms. The Morgan fingerprint density at radius 2 is 1.93 bits per heavy atom. The van der Waals surface area contributed by atoms with E-state index >= 15 is 0 Å². The molecule has 2 unspecified atom stereocenters. The van der Waals surface area contributed by atoms with E-state index in [1.54, 1.807) is 0 Å². The summed E-state index contributed by atoms with van der Waals surface area (Å²) >= 11 is 0. The summed E-state index contributed by atoms with van der Waals surface area (Å²) in [6.45, 7) is 7.00. The summed E-state index contributed by atoms with van der Waals surface area (Å²) in [6, 6.07) is 0. The van der Waals surface area contributed by atoms with E-state index in [0.29, 0.717) is 0 Å². The summed E-state index contributed by atoms with van der Waals surface area (Å²) in [7, 11) is 1.96. The third-order valence-electron chi connectivity index (χ3n) is 3.37. The Bertz CT molecular complexity index is 151. The lowest BCUT2D eigenvalue weighted by Crippen LogP contribution is -2.11. The highest BCUT2D eigenvalue weighted by Crippen LogP contribution is 2.25.